The highest BCUT2D eigenvalue weighted by molar-refractivity contribution is 7.92. The molecule has 0 unspecified atom stereocenters. The van der Waals surface area contributed by atoms with Crippen LogP contribution in [0, 0.1) is 0 Å². The number of amides is 1. The highest BCUT2D eigenvalue weighted by Gasteiger charge is 2.36. The number of rotatable bonds is 7. The smallest absolute Gasteiger partial charge is 0.264 e. The molecule has 7 heteroatoms. The molecule has 1 heterocycles. The summed E-state index contributed by atoms with van der Waals surface area (Å²) in [7, 11) is -3.80. The molecule has 178 valence electrons. The molecule has 0 bridgehead atoms. The summed E-state index contributed by atoms with van der Waals surface area (Å²) in [5.41, 5.74) is 3.03. The van der Waals surface area contributed by atoms with E-state index in [1.54, 1.807) is 18.2 Å². The van der Waals surface area contributed by atoms with Crippen molar-refractivity contribution < 1.29 is 13.2 Å². The molecule has 0 aromatic heterocycles. The summed E-state index contributed by atoms with van der Waals surface area (Å²) in [6.45, 7) is 2.84. The van der Waals surface area contributed by atoms with Crippen LogP contribution in [0.1, 0.15) is 22.8 Å². The van der Waals surface area contributed by atoms with Crippen LogP contribution in [-0.2, 0) is 16.4 Å². The molecule has 6 nitrogen and oxygen atoms in total. The molecule has 1 atom stereocenters. The van der Waals surface area contributed by atoms with E-state index in [0.717, 1.165) is 22.0 Å². The van der Waals surface area contributed by atoms with E-state index in [1.807, 2.05) is 55.5 Å². The molecule has 2 N–H and O–H groups in total. The number of anilines is 2. The summed E-state index contributed by atoms with van der Waals surface area (Å²) in [5.74, 6) is -0.309. The van der Waals surface area contributed by atoms with Crippen LogP contribution >= 0.6 is 0 Å². The molecule has 0 saturated heterocycles. The fourth-order valence-corrected chi connectivity index (χ4v) is 6.41. The summed E-state index contributed by atoms with van der Waals surface area (Å²) in [6, 6.07) is 27.8. The summed E-state index contributed by atoms with van der Waals surface area (Å²) in [4.78, 5) is 12.9. The number of sulfonamides is 1. The Balaban J connectivity index is 1.26. The second-order valence-corrected chi connectivity index (χ2v) is 10.5. The van der Waals surface area contributed by atoms with Gasteiger partial charge in [-0.1, -0.05) is 60.7 Å². The Morgan fingerprint density at radius 3 is 2.54 bits per heavy atom. The van der Waals surface area contributed by atoms with Gasteiger partial charge >= 0.3 is 0 Å². The van der Waals surface area contributed by atoms with Crippen molar-refractivity contribution in [1.29, 1.82) is 0 Å². The van der Waals surface area contributed by atoms with Gasteiger partial charge in [-0.2, -0.15) is 0 Å². The van der Waals surface area contributed by atoms with Crippen molar-refractivity contribution in [3.63, 3.8) is 0 Å². The average molecular weight is 486 g/mol. The van der Waals surface area contributed by atoms with Gasteiger partial charge in [-0.3, -0.25) is 9.10 Å². The summed E-state index contributed by atoms with van der Waals surface area (Å²) in [6.07, 6.45) is 0.666. The van der Waals surface area contributed by atoms with Gasteiger partial charge in [0.15, 0.2) is 0 Å². The molecule has 1 aliphatic heterocycles. The summed E-state index contributed by atoms with van der Waals surface area (Å²) >= 11 is 0. The largest absolute Gasteiger partial charge is 0.383 e. The van der Waals surface area contributed by atoms with Crippen LogP contribution in [-0.4, -0.2) is 33.5 Å². The molecular formula is C28H27N3O3S. The molecule has 0 fully saturated rings. The summed E-state index contributed by atoms with van der Waals surface area (Å²) < 4.78 is 28.4. The first-order valence-electron chi connectivity index (χ1n) is 11.7. The minimum absolute atomic E-state index is 0.114. The maximum Gasteiger partial charge on any atom is 0.264 e. The second-order valence-electron chi connectivity index (χ2n) is 8.72. The Morgan fingerprint density at radius 2 is 1.66 bits per heavy atom. The van der Waals surface area contributed by atoms with Crippen molar-refractivity contribution in [1.82, 2.24) is 5.32 Å². The van der Waals surface area contributed by atoms with Crippen LogP contribution in [0.15, 0.2) is 95.9 Å². The minimum atomic E-state index is -3.80. The van der Waals surface area contributed by atoms with Crippen LogP contribution in [0.2, 0.25) is 0 Å². The predicted octanol–water partition coefficient (Wildman–Crippen LogP) is 4.82. The van der Waals surface area contributed by atoms with Crippen molar-refractivity contribution in [2.75, 3.05) is 22.7 Å². The van der Waals surface area contributed by atoms with E-state index in [4.69, 9.17) is 0 Å². The van der Waals surface area contributed by atoms with Crippen LogP contribution in [0.3, 0.4) is 0 Å². The lowest BCUT2D eigenvalue weighted by atomic mass is 10.1. The van der Waals surface area contributed by atoms with Crippen LogP contribution < -0.4 is 14.9 Å². The molecule has 4 aromatic rings. The molecule has 1 amide bonds. The van der Waals surface area contributed by atoms with E-state index < -0.39 is 10.0 Å². The number of fused-ring (bicyclic) bond motifs is 2. The van der Waals surface area contributed by atoms with Crippen molar-refractivity contribution in [2.45, 2.75) is 24.3 Å². The first-order valence-corrected chi connectivity index (χ1v) is 13.1. The Labute approximate surface area is 205 Å². The second kappa shape index (κ2) is 9.43. The molecule has 0 spiro atoms. The Bertz CT molecular complexity index is 1500. The molecule has 35 heavy (non-hydrogen) atoms. The van der Waals surface area contributed by atoms with Gasteiger partial charge < -0.3 is 10.6 Å². The third kappa shape index (κ3) is 4.47. The first kappa shape index (κ1) is 22.9. The fourth-order valence-electron chi connectivity index (χ4n) is 4.67. The quantitative estimate of drug-likeness (QED) is 0.368. The van der Waals surface area contributed by atoms with Gasteiger partial charge in [0, 0.05) is 35.8 Å². The molecule has 1 aliphatic rings. The van der Waals surface area contributed by atoms with Crippen molar-refractivity contribution in [2.24, 2.45) is 0 Å². The number of para-hydroxylation sites is 1. The van der Waals surface area contributed by atoms with Gasteiger partial charge in [0.2, 0.25) is 0 Å². The van der Waals surface area contributed by atoms with E-state index in [1.165, 1.54) is 10.4 Å². The molecular weight excluding hydrogens is 458 g/mol. The SMILES string of the molecule is C[C@H]1Cc2ccccc2N1S(=O)(=O)c1cccc(C(=O)NCCNc2cccc3ccccc23)c1. The Hall–Kier alpha value is -3.84. The topological polar surface area (TPSA) is 78.5 Å². The lowest BCUT2D eigenvalue weighted by Crippen LogP contribution is -2.36. The predicted molar refractivity (Wildman–Crippen MR) is 140 cm³/mol. The van der Waals surface area contributed by atoms with Gasteiger partial charge in [-0.25, -0.2) is 8.42 Å². The van der Waals surface area contributed by atoms with Gasteiger partial charge in [0.1, 0.15) is 0 Å². The number of hydrogen-bond acceptors (Lipinski definition) is 4. The zero-order valence-corrected chi connectivity index (χ0v) is 20.3. The van der Waals surface area contributed by atoms with E-state index in [0.29, 0.717) is 30.8 Å². The number of benzene rings is 4. The van der Waals surface area contributed by atoms with E-state index in [9.17, 15) is 13.2 Å². The van der Waals surface area contributed by atoms with Gasteiger partial charge in [-0.05, 0) is 54.6 Å². The van der Waals surface area contributed by atoms with Crippen LogP contribution in [0.4, 0.5) is 11.4 Å². The third-order valence-corrected chi connectivity index (χ3v) is 8.24. The third-order valence-electron chi connectivity index (χ3n) is 6.31. The highest BCUT2D eigenvalue weighted by atomic mass is 32.2. The van der Waals surface area contributed by atoms with Crippen LogP contribution in [0.25, 0.3) is 10.8 Å². The molecule has 0 aliphatic carbocycles. The highest BCUT2D eigenvalue weighted by Crippen LogP contribution is 2.36. The number of hydrogen-bond donors (Lipinski definition) is 2. The van der Waals surface area contributed by atoms with Crippen molar-refractivity contribution >= 4 is 38.1 Å². The average Bonchev–Trinajstić information content (AvgIpc) is 3.23. The first-order chi connectivity index (χ1) is 16.9. The van der Waals surface area contributed by atoms with Crippen molar-refractivity contribution in [3.05, 3.63) is 102 Å². The summed E-state index contributed by atoms with van der Waals surface area (Å²) in [5, 5.41) is 8.51. The molecule has 5 rings (SSSR count). The molecule has 0 radical (unpaired) electrons. The minimum Gasteiger partial charge on any atom is -0.383 e. The number of nitrogens with zero attached hydrogens (tertiary/aromatic N) is 1. The Kier molecular flexibility index (Phi) is 6.17. The number of nitrogens with one attached hydrogen (secondary N) is 2. The van der Waals surface area contributed by atoms with Gasteiger partial charge in [0.25, 0.3) is 15.9 Å². The van der Waals surface area contributed by atoms with Gasteiger partial charge in [0.05, 0.1) is 10.6 Å². The van der Waals surface area contributed by atoms with E-state index >= 15 is 0 Å². The maximum absolute atomic E-state index is 13.5. The zero-order chi connectivity index (χ0) is 24.4. The molecule has 0 saturated carbocycles. The monoisotopic (exact) mass is 485 g/mol. The normalized spacial score (nSPS) is 15.1. The zero-order valence-electron chi connectivity index (χ0n) is 19.4. The fraction of sp³-hybridized carbons (Fsp3) is 0.179. The Morgan fingerprint density at radius 1 is 0.914 bits per heavy atom. The van der Waals surface area contributed by atoms with Gasteiger partial charge in [-0.15, -0.1) is 0 Å². The number of carbonyl (C=O) groups is 1. The maximum atomic E-state index is 13.5. The van der Waals surface area contributed by atoms with Crippen LogP contribution in [0.5, 0.6) is 0 Å². The molecule has 4 aromatic carbocycles. The lowest BCUT2D eigenvalue weighted by Gasteiger charge is -2.24. The standard InChI is InChI=1S/C28H27N3O3S/c1-20-18-22-9-3-5-15-27(22)31(20)35(33,34)24-12-6-11-23(19-24)28(32)30-17-16-29-26-14-7-10-21-8-2-4-13-25(21)26/h2-15,19-20,29H,16-18H2,1H3,(H,30,32)/t20-/m0/s1. The van der Waals surface area contributed by atoms with E-state index in [-0.39, 0.29) is 16.8 Å². The van der Waals surface area contributed by atoms with Crippen molar-refractivity contribution in [3.8, 4) is 0 Å². The number of carbonyl (C=O) groups excluding carboxylic acids is 1. The lowest BCUT2D eigenvalue weighted by molar-refractivity contribution is 0.0955. The van der Waals surface area contributed by atoms with E-state index in [2.05, 4.69) is 28.8 Å².